The quantitative estimate of drug-likeness (QED) is 0.388. The number of aromatic hydroxyl groups is 1. The fourth-order valence-corrected chi connectivity index (χ4v) is 5.92. The number of imide groups is 1. The Kier molecular flexibility index (Phi) is 6.09. The molecule has 4 N–H and O–H groups in total. The van der Waals surface area contributed by atoms with E-state index < -0.39 is 38.1 Å². The SMILES string of the molecule is CC(C)C1=C2B(O)O[C@H](c3cccc(O)c3)C[C@H]2[C@H]2C(=O)N(c3cccc(B(O)O)c3)C(=O)[C@H]2C1. The molecule has 4 atom stereocenters. The van der Waals surface area contributed by atoms with Gasteiger partial charge in [-0.3, -0.25) is 14.5 Å². The van der Waals surface area contributed by atoms with Crippen LogP contribution >= 0.6 is 0 Å². The van der Waals surface area contributed by atoms with Crippen LogP contribution in [0.2, 0.25) is 0 Å². The summed E-state index contributed by atoms with van der Waals surface area (Å²) < 4.78 is 5.96. The molecule has 5 rings (SSSR count). The summed E-state index contributed by atoms with van der Waals surface area (Å²) in [4.78, 5) is 28.5. The topological polar surface area (TPSA) is 128 Å². The van der Waals surface area contributed by atoms with Gasteiger partial charge in [0.25, 0.3) is 0 Å². The highest BCUT2D eigenvalue weighted by molar-refractivity contribution is 6.58. The summed E-state index contributed by atoms with van der Waals surface area (Å²) in [5.41, 5.74) is 2.78. The Morgan fingerprint density at radius 1 is 1.06 bits per heavy atom. The van der Waals surface area contributed by atoms with Crippen molar-refractivity contribution < 1.29 is 34.4 Å². The molecule has 0 aromatic heterocycles. The fourth-order valence-electron chi connectivity index (χ4n) is 5.92. The third-order valence-corrected chi connectivity index (χ3v) is 7.51. The van der Waals surface area contributed by atoms with Gasteiger partial charge >= 0.3 is 14.2 Å². The van der Waals surface area contributed by atoms with Gasteiger partial charge in [-0.05, 0) is 65.4 Å². The lowest BCUT2D eigenvalue weighted by Gasteiger charge is -2.43. The Balaban J connectivity index is 1.56. The first-order valence-electron chi connectivity index (χ1n) is 11.9. The summed E-state index contributed by atoms with van der Waals surface area (Å²) in [7, 11) is -2.94. The maximum absolute atomic E-state index is 13.8. The third kappa shape index (κ3) is 4.00. The van der Waals surface area contributed by atoms with Gasteiger partial charge in [0.2, 0.25) is 11.8 Å². The summed E-state index contributed by atoms with van der Waals surface area (Å²) in [5, 5.41) is 40.1. The second-order valence-electron chi connectivity index (χ2n) is 9.87. The van der Waals surface area contributed by atoms with Crippen LogP contribution < -0.4 is 10.4 Å². The number of allylic oxidation sites excluding steroid dienone is 2. The van der Waals surface area contributed by atoms with Crippen LogP contribution in [0.3, 0.4) is 0 Å². The number of carbonyl (C=O) groups excluding carboxylic acids is 2. The fraction of sp³-hybridized carbons (Fsp3) is 0.360. The van der Waals surface area contributed by atoms with E-state index in [0.717, 1.165) is 10.5 Å². The van der Waals surface area contributed by atoms with Crippen molar-refractivity contribution in [3.63, 3.8) is 0 Å². The maximum atomic E-state index is 13.8. The van der Waals surface area contributed by atoms with E-state index in [-0.39, 0.29) is 28.9 Å². The number of nitrogens with zero attached hydrogens (tertiary/aromatic N) is 1. The van der Waals surface area contributed by atoms with Gasteiger partial charge in [-0.1, -0.05) is 43.7 Å². The Morgan fingerprint density at radius 3 is 2.49 bits per heavy atom. The van der Waals surface area contributed by atoms with Gasteiger partial charge < -0.3 is 24.8 Å². The molecule has 0 radical (unpaired) electrons. The van der Waals surface area contributed by atoms with Crippen molar-refractivity contribution in [1.29, 1.82) is 0 Å². The van der Waals surface area contributed by atoms with Gasteiger partial charge in [0.15, 0.2) is 0 Å². The molecule has 0 unspecified atom stereocenters. The molecule has 2 saturated heterocycles. The number of hydrogen-bond donors (Lipinski definition) is 4. The lowest BCUT2D eigenvalue weighted by Crippen LogP contribution is -2.45. The lowest BCUT2D eigenvalue weighted by molar-refractivity contribution is -0.123. The molecule has 35 heavy (non-hydrogen) atoms. The largest absolute Gasteiger partial charge is 0.508 e. The Morgan fingerprint density at radius 2 is 1.80 bits per heavy atom. The van der Waals surface area contributed by atoms with E-state index >= 15 is 0 Å². The standard InChI is InChI=1S/C25H27B2NO7/c1-13(2)18-11-20-22(25(31)28(24(20)30)16-7-4-6-15(10-16)26(32)33)19-12-21(35-27(34)23(18)19)14-5-3-8-17(29)9-14/h3-10,13,19-22,29,32-34H,11-12H2,1-2H3/t19-,20-,21-,22+/m0/s1. The highest BCUT2D eigenvalue weighted by Gasteiger charge is 2.58. The summed E-state index contributed by atoms with van der Waals surface area (Å²) in [6, 6.07) is 12.8. The van der Waals surface area contributed by atoms with Gasteiger partial charge in [-0.2, -0.15) is 0 Å². The van der Waals surface area contributed by atoms with Crippen LogP contribution in [0.1, 0.15) is 38.4 Å². The molecule has 10 heteroatoms. The second kappa shape index (κ2) is 8.95. The number of carbonyl (C=O) groups is 2. The van der Waals surface area contributed by atoms with Crippen LogP contribution in [0.15, 0.2) is 59.6 Å². The van der Waals surface area contributed by atoms with Crippen molar-refractivity contribution in [2.75, 3.05) is 4.90 Å². The lowest BCUT2D eigenvalue weighted by atomic mass is 9.54. The Labute approximate surface area is 204 Å². The normalized spacial score (nSPS) is 26.3. The molecular weight excluding hydrogens is 448 g/mol. The van der Waals surface area contributed by atoms with Gasteiger partial charge in [-0.15, -0.1) is 0 Å². The van der Waals surface area contributed by atoms with Crippen LogP contribution in [-0.2, 0) is 14.2 Å². The highest BCUT2D eigenvalue weighted by Crippen LogP contribution is 2.53. The van der Waals surface area contributed by atoms with E-state index in [2.05, 4.69) is 0 Å². The highest BCUT2D eigenvalue weighted by atomic mass is 16.5. The van der Waals surface area contributed by atoms with Crippen molar-refractivity contribution >= 4 is 37.2 Å². The number of amides is 2. The van der Waals surface area contributed by atoms with Crippen molar-refractivity contribution in [2.45, 2.75) is 32.8 Å². The second-order valence-corrected chi connectivity index (χ2v) is 9.87. The minimum absolute atomic E-state index is 0.0498. The number of fused-ring (bicyclic) bond motifs is 3. The molecule has 2 aliphatic heterocycles. The number of hydrogen-bond acceptors (Lipinski definition) is 7. The first kappa shape index (κ1) is 23.8. The van der Waals surface area contributed by atoms with Crippen molar-refractivity contribution in [2.24, 2.45) is 23.7 Å². The third-order valence-electron chi connectivity index (χ3n) is 7.51. The van der Waals surface area contributed by atoms with E-state index in [9.17, 15) is 29.8 Å². The minimum atomic E-state index is -1.72. The molecule has 8 nitrogen and oxygen atoms in total. The van der Waals surface area contributed by atoms with E-state index in [1.165, 1.54) is 12.1 Å². The van der Waals surface area contributed by atoms with Crippen LogP contribution in [0.5, 0.6) is 5.75 Å². The van der Waals surface area contributed by atoms with Crippen molar-refractivity contribution in [1.82, 2.24) is 0 Å². The molecular formula is C25H27B2NO7. The zero-order valence-corrected chi connectivity index (χ0v) is 19.5. The molecule has 3 aliphatic rings. The molecule has 0 spiro atoms. The Bertz CT molecular complexity index is 1210. The van der Waals surface area contributed by atoms with Crippen LogP contribution in [0, 0.1) is 23.7 Å². The molecule has 2 aromatic rings. The average molecular weight is 475 g/mol. The first-order valence-corrected chi connectivity index (χ1v) is 11.9. The van der Waals surface area contributed by atoms with E-state index in [1.54, 1.807) is 36.4 Å². The molecule has 0 bridgehead atoms. The summed E-state index contributed by atoms with van der Waals surface area (Å²) in [5.74, 6) is -2.21. The predicted octanol–water partition coefficient (Wildman–Crippen LogP) is 1.33. The molecule has 2 aromatic carbocycles. The van der Waals surface area contributed by atoms with E-state index in [4.69, 9.17) is 4.65 Å². The predicted molar refractivity (Wildman–Crippen MR) is 130 cm³/mol. The molecule has 2 amide bonds. The Hall–Kier alpha value is -2.91. The zero-order valence-electron chi connectivity index (χ0n) is 19.5. The summed E-state index contributed by atoms with van der Waals surface area (Å²) in [6.07, 6.45) is 0.187. The van der Waals surface area contributed by atoms with Gasteiger partial charge in [0.1, 0.15) is 5.75 Å². The smallest absolute Gasteiger partial charge is 0.488 e. The van der Waals surface area contributed by atoms with Crippen LogP contribution in [0.25, 0.3) is 0 Å². The number of phenolic OH excluding ortho intramolecular Hbond substituents is 1. The van der Waals surface area contributed by atoms with Crippen LogP contribution in [0.4, 0.5) is 5.69 Å². The average Bonchev–Trinajstić information content (AvgIpc) is 3.08. The monoisotopic (exact) mass is 475 g/mol. The minimum Gasteiger partial charge on any atom is -0.508 e. The van der Waals surface area contributed by atoms with Crippen molar-refractivity contribution in [3.8, 4) is 5.75 Å². The molecule has 2 fully saturated rings. The zero-order chi connectivity index (χ0) is 25.0. The van der Waals surface area contributed by atoms with Gasteiger partial charge in [0, 0.05) is 0 Å². The number of phenols is 1. The molecule has 1 aliphatic carbocycles. The van der Waals surface area contributed by atoms with E-state index in [0.29, 0.717) is 29.6 Å². The first-order chi connectivity index (χ1) is 16.7. The molecule has 0 saturated carbocycles. The number of benzene rings is 2. The van der Waals surface area contributed by atoms with Crippen LogP contribution in [-0.4, -0.2) is 46.2 Å². The number of rotatable bonds is 4. The van der Waals surface area contributed by atoms with Gasteiger partial charge in [0.05, 0.1) is 23.6 Å². The van der Waals surface area contributed by atoms with E-state index in [1.807, 2.05) is 13.8 Å². The maximum Gasteiger partial charge on any atom is 0.488 e. The summed E-state index contributed by atoms with van der Waals surface area (Å²) >= 11 is 0. The molecule has 2 heterocycles. The molecule has 180 valence electrons. The number of anilines is 1. The van der Waals surface area contributed by atoms with Gasteiger partial charge in [-0.25, -0.2) is 0 Å². The summed E-state index contributed by atoms with van der Waals surface area (Å²) in [6.45, 7) is 4.00. The van der Waals surface area contributed by atoms with Crippen molar-refractivity contribution in [3.05, 3.63) is 65.1 Å².